The number of rotatable bonds is 1. The Morgan fingerprint density at radius 1 is 1.06 bits per heavy atom. The number of carbonyl (C=O) groups is 2. The summed E-state index contributed by atoms with van der Waals surface area (Å²) in [7, 11) is 0. The molecular formula is C7H12N6O3. The second-order valence-electron chi connectivity index (χ2n) is 1.95. The molecule has 16 heavy (non-hydrogen) atoms. The number of aliphatic carboxylic acids is 1. The molecule has 0 fully saturated rings. The van der Waals surface area contributed by atoms with Crippen molar-refractivity contribution >= 4 is 30.6 Å². The average molecular weight is 228 g/mol. The molecule has 9 heteroatoms. The summed E-state index contributed by atoms with van der Waals surface area (Å²) in [5.41, 5.74) is 15.4. The van der Waals surface area contributed by atoms with Gasteiger partial charge in [-0.25, -0.2) is 4.79 Å². The molecule has 0 bridgehead atoms. The number of hydrogen-bond donors (Lipinski definition) is 4. The predicted molar refractivity (Wildman–Crippen MR) is 58.0 cm³/mol. The molecule has 1 aromatic rings. The molecule has 0 radical (unpaired) electrons. The molecular weight excluding hydrogens is 216 g/mol. The Morgan fingerprint density at radius 2 is 1.25 bits per heavy atom. The van der Waals surface area contributed by atoms with E-state index in [9.17, 15) is 4.79 Å². The van der Waals surface area contributed by atoms with Gasteiger partial charge < -0.3 is 27.1 Å². The molecule has 7 N–H and O–H groups in total. The molecule has 0 spiro atoms. The Labute approximate surface area is 91.0 Å². The molecule has 0 aliphatic heterocycles. The normalized spacial score (nSPS) is 7.50. The second kappa shape index (κ2) is 8.87. The fourth-order valence-corrected chi connectivity index (χ4v) is 0.427. The van der Waals surface area contributed by atoms with Crippen LogP contribution in [0.25, 0.3) is 0 Å². The maximum atomic E-state index is 9.25. The van der Waals surface area contributed by atoms with Crippen LogP contribution in [-0.4, -0.2) is 32.8 Å². The lowest BCUT2D eigenvalue weighted by Crippen LogP contribution is -2.05. The van der Waals surface area contributed by atoms with Crippen molar-refractivity contribution in [2.75, 3.05) is 17.2 Å². The first-order valence-corrected chi connectivity index (χ1v) is 3.62. The van der Waals surface area contributed by atoms with E-state index in [4.69, 9.17) is 27.1 Å². The average Bonchev–Trinajstić information content (AvgIpc) is 2.19. The monoisotopic (exact) mass is 228 g/mol. The summed E-state index contributed by atoms with van der Waals surface area (Å²) < 4.78 is 0. The standard InChI is InChI=1S/C3H6N6.C3H4O2.CH2O/c4-1-7-2(5)9-3(6)8-1;1-2-3(4)5;1-2/h(H6,4,5,6,7,8,9);2H,1H2,(H,4,5);1H2. The zero-order valence-electron chi connectivity index (χ0n) is 8.33. The van der Waals surface area contributed by atoms with Crippen LogP contribution in [-0.2, 0) is 9.59 Å². The Balaban J connectivity index is 0. The smallest absolute Gasteiger partial charge is 0.327 e. The molecule has 88 valence electrons. The van der Waals surface area contributed by atoms with Crippen molar-refractivity contribution in [1.82, 2.24) is 15.0 Å². The molecule has 0 aromatic carbocycles. The third-order valence-electron chi connectivity index (χ3n) is 0.862. The van der Waals surface area contributed by atoms with Gasteiger partial charge in [-0.2, -0.15) is 15.0 Å². The molecule has 0 atom stereocenters. The summed E-state index contributed by atoms with van der Waals surface area (Å²) in [6.07, 6.45) is 0.833. The lowest BCUT2D eigenvalue weighted by atomic mass is 10.7. The minimum absolute atomic E-state index is 0.0417. The number of nitrogens with two attached hydrogens (primary N) is 3. The van der Waals surface area contributed by atoms with E-state index >= 15 is 0 Å². The van der Waals surface area contributed by atoms with Crippen LogP contribution < -0.4 is 17.2 Å². The van der Waals surface area contributed by atoms with Gasteiger partial charge >= 0.3 is 5.97 Å². The van der Waals surface area contributed by atoms with E-state index in [0.29, 0.717) is 0 Å². The summed E-state index contributed by atoms with van der Waals surface area (Å²) in [6.45, 7) is 4.96. The van der Waals surface area contributed by atoms with Crippen LogP contribution in [0.4, 0.5) is 17.8 Å². The van der Waals surface area contributed by atoms with Crippen molar-refractivity contribution < 1.29 is 14.7 Å². The minimum atomic E-state index is -0.981. The summed E-state index contributed by atoms with van der Waals surface area (Å²) in [5, 5.41) is 7.60. The van der Waals surface area contributed by atoms with Gasteiger partial charge in [-0.3, -0.25) is 0 Å². The molecule has 1 aromatic heterocycles. The van der Waals surface area contributed by atoms with Crippen molar-refractivity contribution in [3.05, 3.63) is 12.7 Å². The van der Waals surface area contributed by atoms with Crippen molar-refractivity contribution in [3.63, 3.8) is 0 Å². The summed E-state index contributed by atoms with van der Waals surface area (Å²) in [4.78, 5) is 27.7. The van der Waals surface area contributed by atoms with E-state index in [1.54, 1.807) is 0 Å². The number of nitrogen functional groups attached to an aromatic ring is 3. The molecule has 0 aliphatic rings. The topological polar surface area (TPSA) is 171 Å². The number of hydrogen-bond acceptors (Lipinski definition) is 8. The van der Waals surface area contributed by atoms with Crippen LogP contribution in [0.1, 0.15) is 0 Å². The molecule has 9 nitrogen and oxygen atoms in total. The van der Waals surface area contributed by atoms with Crippen LogP contribution in [0.15, 0.2) is 12.7 Å². The van der Waals surface area contributed by atoms with Crippen LogP contribution in [0, 0.1) is 0 Å². The number of aromatic nitrogens is 3. The second-order valence-corrected chi connectivity index (χ2v) is 1.95. The highest BCUT2D eigenvalue weighted by Crippen LogP contribution is 1.97. The number of carboxylic acids is 1. The van der Waals surface area contributed by atoms with Crippen LogP contribution in [0.2, 0.25) is 0 Å². The summed E-state index contributed by atoms with van der Waals surface area (Å²) >= 11 is 0. The molecule has 1 rings (SSSR count). The van der Waals surface area contributed by atoms with Gasteiger partial charge in [0.05, 0.1) is 0 Å². The molecule has 0 aliphatic carbocycles. The third kappa shape index (κ3) is 9.38. The van der Waals surface area contributed by atoms with E-state index in [0.717, 1.165) is 6.08 Å². The van der Waals surface area contributed by atoms with Crippen molar-refractivity contribution in [2.24, 2.45) is 0 Å². The van der Waals surface area contributed by atoms with Crippen molar-refractivity contribution in [1.29, 1.82) is 0 Å². The first-order valence-electron chi connectivity index (χ1n) is 3.62. The van der Waals surface area contributed by atoms with Gasteiger partial charge in [0.15, 0.2) is 0 Å². The van der Waals surface area contributed by atoms with Crippen molar-refractivity contribution in [3.8, 4) is 0 Å². The Kier molecular flexibility index (Phi) is 8.73. The Morgan fingerprint density at radius 3 is 1.38 bits per heavy atom. The predicted octanol–water partition coefficient (Wildman–Crippen LogP) is -1.31. The van der Waals surface area contributed by atoms with Crippen LogP contribution in [0.3, 0.4) is 0 Å². The fraction of sp³-hybridized carbons (Fsp3) is 0. The highest BCUT2D eigenvalue weighted by Gasteiger charge is 1.93. The number of carboxylic acid groups (broad SMARTS) is 1. The van der Waals surface area contributed by atoms with Gasteiger partial charge in [0.1, 0.15) is 6.79 Å². The first kappa shape index (κ1) is 15.7. The Hall–Kier alpha value is -2.71. The van der Waals surface area contributed by atoms with Crippen LogP contribution in [0.5, 0.6) is 0 Å². The van der Waals surface area contributed by atoms with Gasteiger partial charge in [0.25, 0.3) is 0 Å². The molecule has 0 amide bonds. The molecule has 1 heterocycles. The third-order valence-corrected chi connectivity index (χ3v) is 0.862. The summed E-state index contributed by atoms with van der Waals surface area (Å²) in [5.74, 6) is -0.856. The number of nitrogens with zero attached hydrogens (tertiary/aromatic N) is 3. The van der Waals surface area contributed by atoms with E-state index in [-0.39, 0.29) is 17.8 Å². The van der Waals surface area contributed by atoms with Gasteiger partial charge in [0.2, 0.25) is 17.8 Å². The maximum absolute atomic E-state index is 9.25. The van der Waals surface area contributed by atoms with Crippen LogP contribution >= 0.6 is 0 Å². The first-order chi connectivity index (χ1) is 7.45. The SMILES string of the molecule is C=CC(=O)O.C=O.Nc1nc(N)nc(N)n1. The lowest BCUT2D eigenvalue weighted by Gasteiger charge is -1.93. The molecule has 0 saturated heterocycles. The maximum Gasteiger partial charge on any atom is 0.327 e. The number of carbonyl (C=O) groups excluding carboxylic acids is 1. The highest BCUT2D eigenvalue weighted by molar-refractivity contribution is 5.78. The van der Waals surface area contributed by atoms with Gasteiger partial charge in [0, 0.05) is 6.08 Å². The van der Waals surface area contributed by atoms with Gasteiger partial charge in [-0.15, -0.1) is 0 Å². The largest absolute Gasteiger partial charge is 0.478 e. The summed E-state index contributed by atoms with van der Waals surface area (Å²) in [6, 6.07) is 0. The zero-order valence-corrected chi connectivity index (χ0v) is 8.33. The molecule has 0 unspecified atom stereocenters. The number of anilines is 3. The Bertz CT molecular complexity index is 305. The van der Waals surface area contributed by atoms with E-state index in [2.05, 4.69) is 21.5 Å². The quantitative estimate of drug-likeness (QED) is 0.425. The van der Waals surface area contributed by atoms with E-state index in [1.165, 1.54) is 0 Å². The fourth-order valence-electron chi connectivity index (χ4n) is 0.427. The van der Waals surface area contributed by atoms with Crippen molar-refractivity contribution in [2.45, 2.75) is 0 Å². The minimum Gasteiger partial charge on any atom is -0.478 e. The molecule has 0 saturated carbocycles. The van der Waals surface area contributed by atoms with E-state index < -0.39 is 5.97 Å². The lowest BCUT2D eigenvalue weighted by molar-refractivity contribution is -0.131. The van der Waals surface area contributed by atoms with E-state index in [1.807, 2.05) is 6.79 Å². The zero-order chi connectivity index (χ0) is 13.1. The highest BCUT2D eigenvalue weighted by atomic mass is 16.4. The van der Waals surface area contributed by atoms with Gasteiger partial charge in [-0.05, 0) is 0 Å². The van der Waals surface area contributed by atoms with Gasteiger partial charge in [-0.1, -0.05) is 6.58 Å².